The van der Waals surface area contributed by atoms with Crippen molar-refractivity contribution in [3.05, 3.63) is 99.0 Å². The van der Waals surface area contributed by atoms with Crippen LogP contribution in [0.15, 0.2) is 71.7 Å². The third kappa shape index (κ3) is 5.01. The van der Waals surface area contributed by atoms with E-state index >= 15 is 0 Å². The molecule has 4 rings (SSSR count). The van der Waals surface area contributed by atoms with Gasteiger partial charge < -0.3 is 10.2 Å². The van der Waals surface area contributed by atoms with Crippen LogP contribution in [0.3, 0.4) is 0 Å². The Kier molecular flexibility index (Phi) is 6.58. The molecule has 3 aromatic rings. The molecule has 5 nitrogen and oxygen atoms in total. The molecular weight excluding hydrogens is 445 g/mol. The van der Waals surface area contributed by atoms with Gasteiger partial charge >= 0.3 is 0 Å². The highest BCUT2D eigenvalue weighted by molar-refractivity contribution is 6.31. The van der Waals surface area contributed by atoms with Crippen molar-refractivity contribution in [3.63, 3.8) is 0 Å². The van der Waals surface area contributed by atoms with Crippen molar-refractivity contribution < 1.29 is 9.59 Å². The van der Waals surface area contributed by atoms with Crippen molar-refractivity contribution in [1.82, 2.24) is 4.90 Å². The van der Waals surface area contributed by atoms with Gasteiger partial charge in [0.25, 0.3) is 5.91 Å². The number of amides is 1. The number of carbonyl (C=O) groups excluding carboxylic acids is 2. The van der Waals surface area contributed by atoms with Crippen molar-refractivity contribution in [2.24, 2.45) is 4.99 Å². The number of Topliss-reactive ketones (excluding diaryl/α,β-unsaturated/α-hetero) is 1. The van der Waals surface area contributed by atoms with Gasteiger partial charge in [-0.2, -0.15) is 0 Å². The van der Waals surface area contributed by atoms with E-state index in [9.17, 15) is 9.59 Å². The van der Waals surface area contributed by atoms with Gasteiger partial charge in [0.1, 0.15) is 5.84 Å². The molecular formula is C25H21Cl2N3O2. The maximum Gasteiger partial charge on any atom is 0.256 e. The van der Waals surface area contributed by atoms with Gasteiger partial charge in [0.05, 0.1) is 6.54 Å². The molecule has 0 aromatic heterocycles. The minimum atomic E-state index is -0.338. The molecule has 1 heterocycles. The van der Waals surface area contributed by atoms with Crippen LogP contribution < -0.4 is 5.32 Å². The van der Waals surface area contributed by atoms with Gasteiger partial charge in [-0.25, -0.2) is 0 Å². The Morgan fingerprint density at radius 3 is 2.31 bits per heavy atom. The molecule has 7 heteroatoms. The first kappa shape index (κ1) is 22.1. The first-order chi connectivity index (χ1) is 15.4. The lowest BCUT2D eigenvalue weighted by Crippen LogP contribution is -2.23. The maximum atomic E-state index is 12.9. The SMILES string of the molecule is CN1CCN=C1c1ccc(C(=O)Cc2ccc(Cl)cc2C(=O)Nc2ccc(Cl)cc2)cc1. The van der Waals surface area contributed by atoms with Crippen molar-refractivity contribution in [3.8, 4) is 0 Å². The number of anilines is 1. The second-order valence-electron chi connectivity index (χ2n) is 7.57. The number of ketones is 1. The molecule has 1 aliphatic rings. The van der Waals surface area contributed by atoms with E-state index in [1.165, 1.54) is 0 Å². The third-order valence-electron chi connectivity index (χ3n) is 5.29. The number of halogens is 2. The first-order valence-corrected chi connectivity index (χ1v) is 10.9. The number of benzene rings is 3. The van der Waals surface area contributed by atoms with Crippen LogP contribution in [0.4, 0.5) is 5.69 Å². The highest BCUT2D eigenvalue weighted by Crippen LogP contribution is 2.21. The first-order valence-electron chi connectivity index (χ1n) is 10.2. The van der Waals surface area contributed by atoms with Gasteiger partial charge in [0, 0.05) is 52.4 Å². The molecule has 0 radical (unpaired) electrons. The van der Waals surface area contributed by atoms with Crippen LogP contribution in [0.25, 0.3) is 0 Å². The summed E-state index contributed by atoms with van der Waals surface area (Å²) in [5, 5.41) is 3.83. The number of amidine groups is 1. The summed E-state index contributed by atoms with van der Waals surface area (Å²) < 4.78 is 0. The van der Waals surface area contributed by atoms with E-state index in [1.54, 1.807) is 54.6 Å². The number of hydrogen-bond acceptors (Lipinski definition) is 4. The highest BCUT2D eigenvalue weighted by atomic mass is 35.5. The molecule has 0 unspecified atom stereocenters. The molecule has 0 fully saturated rings. The van der Waals surface area contributed by atoms with Crippen LogP contribution in [-0.2, 0) is 6.42 Å². The van der Waals surface area contributed by atoms with Gasteiger partial charge in [-0.3, -0.25) is 14.6 Å². The van der Waals surface area contributed by atoms with E-state index < -0.39 is 0 Å². The molecule has 3 aromatic carbocycles. The zero-order valence-corrected chi connectivity index (χ0v) is 19.0. The molecule has 32 heavy (non-hydrogen) atoms. The van der Waals surface area contributed by atoms with Crippen molar-refractivity contribution in [2.75, 3.05) is 25.5 Å². The maximum absolute atomic E-state index is 12.9. The molecule has 0 saturated heterocycles. The summed E-state index contributed by atoms with van der Waals surface area (Å²) >= 11 is 12.0. The second-order valence-corrected chi connectivity index (χ2v) is 8.44. The van der Waals surface area contributed by atoms with Gasteiger partial charge in [-0.05, 0) is 42.0 Å². The Labute approximate surface area is 196 Å². The Morgan fingerprint density at radius 2 is 1.66 bits per heavy atom. The minimum Gasteiger partial charge on any atom is -0.358 e. The molecule has 0 spiro atoms. The fraction of sp³-hybridized carbons (Fsp3) is 0.160. The molecule has 162 valence electrons. The Bertz CT molecular complexity index is 1190. The summed E-state index contributed by atoms with van der Waals surface area (Å²) in [5.41, 5.74) is 3.13. The number of likely N-dealkylation sites (N-methyl/N-ethyl adjacent to an activating group) is 1. The molecule has 1 amide bonds. The number of aliphatic imine (C=N–C) groups is 1. The smallest absolute Gasteiger partial charge is 0.256 e. The van der Waals surface area contributed by atoms with Crippen LogP contribution >= 0.6 is 23.2 Å². The van der Waals surface area contributed by atoms with Crippen LogP contribution in [0, 0.1) is 0 Å². The molecule has 1 aliphatic heterocycles. The van der Waals surface area contributed by atoms with Crippen LogP contribution in [0.5, 0.6) is 0 Å². The fourth-order valence-electron chi connectivity index (χ4n) is 3.57. The highest BCUT2D eigenvalue weighted by Gasteiger charge is 2.18. The van der Waals surface area contributed by atoms with Crippen LogP contribution in [0.2, 0.25) is 10.0 Å². The summed E-state index contributed by atoms with van der Waals surface area (Å²) in [5.74, 6) is 0.513. The Balaban J connectivity index is 1.52. The van der Waals surface area contributed by atoms with Crippen molar-refractivity contribution in [1.29, 1.82) is 0 Å². The zero-order valence-electron chi connectivity index (χ0n) is 17.4. The molecule has 0 atom stereocenters. The van der Waals surface area contributed by atoms with Gasteiger partial charge in [-0.1, -0.05) is 53.5 Å². The summed E-state index contributed by atoms with van der Waals surface area (Å²) in [4.78, 5) is 32.4. The number of rotatable bonds is 6. The lowest BCUT2D eigenvalue weighted by atomic mass is 9.97. The Hall–Kier alpha value is -3.15. The van der Waals surface area contributed by atoms with E-state index in [-0.39, 0.29) is 18.1 Å². The normalized spacial score (nSPS) is 13.1. The van der Waals surface area contributed by atoms with Gasteiger partial charge in [0.2, 0.25) is 0 Å². The van der Waals surface area contributed by atoms with Gasteiger partial charge in [0.15, 0.2) is 5.78 Å². The lowest BCUT2D eigenvalue weighted by Gasteiger charge is -2.14. The van der Waals surface area contributed by atoms with Crippen LogP contribution in [-0.4, -0.2) is 42.6 Å². The number of carbonyl (C=O) groups is 2. The molecule has 0 bridgehead atoms. The van der Waals surface area contributed by atoms with E-state index in [1.807, 2.05) is 19.2 Å². The van der Waals surface area contributed by atoms with Crippen LogP contribution in [0.1, 0.15) is 31.8 Å². The average molecular weight is 466 g/mol. The Morgan fingerprint density at radius 1 is 0.969 bits per heavy atom. The summed E-state index contributed by atoms with van der Waals surface area (Å²) in [6.07, 6.45) is 0.0841. The van der Waals surface area contributed by atoms with E-state index in [4.69, 9.17) is 23.2 Å². The van der Waals surface area contributed by atoms with Crippen molar-refractivity contribution in [2.45, 2.75) is 6.42 Å². The predicted molar refractivity (Wildman–Crippen MR) is 129 cm³/mol. The lowest BCUT2D eigenvalue weighted by molar-refractivity contribution is 0.0992. The second kappa shape index (κ2) is 9.55. The minimum absolute atomic E-state index is 0.0823. The molecule has 0 aliphatic carbocycles. The molecule has 0 saturated carbocycles. The third-order valence-corrected chi connectivity index (χ3v) is 5.78. The monoisotopic (exact) mass is 465 g/mol. The number of nitrogens with one attached hydrogen (secondary N) is 1. The fourth-order valence-corrected chi connectivity index (χ4v) is 3.87. The van der Waals surface area contributed by atoms with E-state index in [0.29, 0.717) is 32.4 Å². The largest absolute Gasteiger partial charge is 0.358 e. The molecule has 1 N–H and O–H groups in total. The quantitative estimate of drug-likeness (QED) is 0.498. The average Bonchev–Trinajstić information content (AvgIpc) is 3.22. The predicted octanol–water partition coefficient (Wildman–Crippen LogP) is 5.36. The van der Waals surface area contributed by atoms with E-state index in [0.717, 1.165) is 24.5 Å². The van der Waals surface area contributed by atoms with E-state index in [2.05, 4.69) is 15.2 Å². The number of hydrogen-bond donors (Lipinski definition) is 1. The topological polar surface area (TPSA) is 61.8 Å². The van der Waals surface area contributed by atoms with Gasteiger partial charge in [-0.15, -0.1) is 0 Å². The summed E-state index contributed by atoms with van der Waals surface area (Å²) in [7, 11) is 2.00. The van der Waals surface area contributed by atoms with Crippen molar-refractivity contribution >= 4 is 46.4 Å². The summed E-state index contributed by atoms with van der Waals surface area (Å²) in [6, 6.07) is 19.2. The number of nitrogens with zero attached hydrogens (tertiary/aromatic N) is 2. The summed E-state index contributed by atoms with van der Waals surface area (Å²) in [6.45, 7) is 1.68. The zero-order chi connectivity index (χ0) is 22.7. The standard InChI is InChI=1S/C25H21Cl2N3O2/c1-30-13-12-28-24(30)17-4-2-16(3-5-17)23(31)14-18-6-7-20(27)15-22(18)25(32)29-21-10-8-19(26)9-11-21/h2-11,15H,12-14H2,1H3,(H,29,32).